The molecule has 0 aliphatic heterocycles. The quantitative estimate of drug-likeness (QED) is 0.0902. The minimum atomic E-state index is -0.904. The summed E-state index contributed by atoms with van der Waals surface area (Å²) in [5, 5.41) is 3.51. The van der Waals surface area contributed by atoms with Gasteiger partial charge in [-0.05, 0) is 37.8 Å². The predicted molar refractivity (Wildman–Crippen MR) is 113 cm³/mol. The van der Waals surface area contributed by atoms with Crippen LogP contribution in [-0.2, 0) is 25.5 Å². The molecule has 2 rings (SSSR count). The van der Waals surface area contributed by atoms with Crippen LogP contribution in [0.3, 0.4) is 0 Å². The molecule has 0 saturated heterocycles. The highest BCUT2D eigenvalue weighted by Crippen LogP contribution is 2.21. The number of carbonyl (C=O) groups excluding carboxylic acids is 3. The van der Waals surface area contributed by atoms with Crippen molar-refractivity contribution in [3.8, 4) is 0 Å². The van der Waals surface area contributed by atoms with Crippen molar-refractivity contribution in [1.29, 1.82) is 0 Å². The summed E-state index contributed by atoms with van der Waals surface area (Å²) < 4.78 is 6.49. The van der Waals surface area contributed by atoms with E-state index in [1.165, 1.54) is 4.57 Å². The van der Waals surface area contributed by atoms with Crippen LogP contribution in [-0.4, -0.2) is 54.0 Å². The van der Waals surface area contributed by atoms with E-state index in [1.807, 2.05) is 24.3 Å². The average molecular weight is 417 g/mol. The Bertz CT molecular complexity index is 919. The number of hydrogen-bond acceptors (Lipinski definition) is 5. The molecule has 1 aromatic carbocycles. The fourth-order valence-corrected chi connectivity index (χ4v) is 3.17. The van der Waals surface area contributed by atoms with Crippen LogP contribution < -0.4 is 27.5 Å². The second-order valence-corrected chi connectivity index (χ2v) is 6.83. The number of guanidine groups is 1. The Morgan fingerprint density at radius 3 is 2.70 bits per heavy atom. The Hall–Kier alpha value is -3.40. The zero-order valence-electron chi connectivity index (χ0n) is 17.0. The number of fused-ring (bicyclic) bond motifs is 1. The monoisotopic (exact) mass is 417 g/mol. The molecule has 0 spiro atoms. The highest BCUT2D eigenvalue weighted by molar-refractivity contribution is 5.91. The molecule has 8 N–H and O–H groups in total. The highest BCUT2D eigenvalue weighted by Gasteiger charge is 2.25. The average Bonchev–Trinajstić information content (AvgIpc) is 3.07. The lowest BCUT2D eigenvalue weighted by atomic mass is 10.0. The number of para-hydroxylation sites is 1. The van der Waals surface area contributed by atoms with Gasteiger partial charge in [-0.1, -0.05) is 18.2 Å². The van der Waals surface area contributed by atoms with Crippen molar-refractivity contribution in [3.63, 3.8) is 0 Å². The van der Waals surface area contributed by atoms with Crippen LogP contribution >= 0.6 is 0 Å². The first kappa shape index (κ1) is 22.9. The first-order chi connectivity index (χ1) is 14.4. The number of benzene rings is 1. The van der Waals surface area contributed by atoms with E-state index >= 15 is 0 Å². The molecule has 0 fully saturated rings. The first-order valence-corrected chi connectivity index (χ1v) is 9.75. The first-order valence-electron chi connectivity index (χ1n) is 9.75. The summed E-state index contributed by atoms with van der Waals surface area (Å²) in [5.74, 6) is -0.919. The lowest BCUT2D eigenvalue weighted by Gasteiger charge is -2.19. The molecule has 0 saturated carbocycles. The third-order valence-electron chi connectivity index (χ3n) is 4.60. The minimum Gasteiger partial charge on any atom is -0.464 e. The highest BCUT2D eigenvalue weighted by atomic mass is 16.5. The fraction of sp³-hybridized carbons (Fsp3) is 0.400. The third-order valence-corrected chi connectivity index (χ3v) is 4.60. The van der Waals surface area contributed by atoms with Gasteiger partial charge in [-0.3, -0.25) is 30.6 Å². The Morgan fingerprint density at radius 2 is 2.03 bits per heavy atom. The second-order valence-electron chi connectivity index (χ2n) is 6.83. The molecule has 1 heterocycles. The van der Waals surface area contributed by atoms with Crippen LogP contribution in [0.2, 0.25) is 0 Å². The van der Waals surface area contributed by atoms with Gasteiger partial charge in [0.1, 0.15) is 6.04 Å². The molecule has 2 aromatic rings. The molecule has 0 aliphatic rings. The molecule has 1 aromatic heterocycles. The van der Waals surface area contributed by atoms with E-state index in [1.54, 1.807) is 13.1 Å². The third kappa shape index (κ3) is 6.05. The normalized spacial score (nSPS) is 12.7. The number of nitrogens with one attached hydrogen (secondary N) is 2. The Labute approximate surface area is 174 Å². The van der Waals surface area contributed by atoms with Gasteiger partial charge in [-0.15, -0.1) is 0 Å². The molecule has 1 unspecified atom stereocenters. The number of nitrogens with two attached hydrogens (primary N) is 3. The van der Waals surface area contributed by atoms with Crippen molar-refractivity contribution in [3.05, 3.63) is 36.0 Å². The van der Waals surface area contributed by atoms with Crippen molar-refractivity contribution in [2.75, 3.05) is 13.2 Å². The maximum Gasteiger partial charge on any atom is 0.338 e. The van der Waals surface area contributed by atoms with Crippen molar-refractivity contribution in [2.24, 2.45) is 17.2 Å². The van der Waals surface area contributed by atoms with Crippen LogP contribution in [0.5, 0.6) is 0 Å². The van der Waals surface area contributed by atoms with Crippen LogP contribution in [0.25, 0.3) is 10.9 Å². The Morgan fingerprint density at radius 1 is 1.30 bits per heavy atom. The van der Waals surface area contributed by atoms with Gasteiger partial charge in [0, 0.05) is 11.6 Å². The molecule has 30 heavy (non-hydrogen) atoms. The number of nitrogens with zero attached hydrogens (tertiary/aromatic N) is 1. The van der Waals surface area contributed by atoms with Gasteiger partial charge in [0.25, 0.3) is 0 Å². The van der Waals surface area contributed by atoms with Crippen LogP contribution in [0.15, 0.2) is 30.5 Å². The number of amides is 1. The molecule has 10 nitrogen and oxygen atoms in total. The molecule has 0 bridgehead atoms. The van der Waals surface area contributed by atoms with Gasteiger partial charge in [0.15, 0.2) is 0 Å². The number of esters is 1. The zero-order chi connectivity index (χ0) is 22.1. The van der Waals surface area contributed by atoms with Crippen molar-refractivity contribution in [1.82, 2.24) is 9.88 Å². The molecule has 0 radical (unpaired) electrons. The maximum absolute atomic E-state index is 12.6. The van der Waals surface area contributed by atoms with Gasteiger partial charge in [-0.2, -0.15) is 0 Å². The predicted octanol–water partition coefficient (Wildman–Crippen LogP) is -2.27. The van der Waals surface area contributed by atoms with Gasteiger partial charge >= 0.3 is 11.9 Å². The van der Waals surface area contributed by atoms with Crippen molar-refractivity contribution in [2.45, 2.75) is 38.3 Å². The molecule has 1 amide bonds. The van der Waals surface area contributed by atoms with E-state index in [9.17, 15) is 14.4 Å². The lowest BCUT2D eigenvalue weighted by molar-refractivity contribution is -0.459. The standard InChI is InChI=1S/C20H28N6O4/c1-2-30-19(29)16(7-5-9-24-20(22)23)25-18(28)15(21)10-13-11-26(12-27)17-8-4-3-6-14(13)17/h3-4,6,8,11-12,15-16H,2,5,7,9-10,21H2,1H3,(H,25,28)(H4,22,23,24)/p+1/t15?,16-/m0/s1. The van der Waals surface area contributed by atoms with Crippen molar-refractivity contribution >= 4 is 35.1 Å². The Balaban J connectivity index is 2.06. The van der Waals surface area contributed by atoms with Crippen LogP contribution in [0.1, 0.15) is 25.3 Å². The van der Waals surface area contributed by atoms with E-state index in [2.05, 4.69) is 10.3 Å². The van der Waals surface area contributed by atoms with E-state index in [-0.39, 0.29) is 19.0 Å². The number of hydrogen-bond donors (Lipinski definition) is 5. The maximum atomic E-state index is 12.6. The minimum absolute atomic E-state index is 0.0863. The van der Waals surface area contributed by atoms with Gasteiger partial charge in [0.2, 0.25) is 12.3 Å². The van der Waals surface area contributed by atoms with E-state index < -0.39 is 24.0 Å². The zero-order valence-corrected chi connectivity index (χ0v) is 17.0. The van der Waals surface area contributed by atoms with E-state index in [0.717, 1.165) is 16.5 Å². The fourth-order valence-electron chi connectivity index (χ4n) is 3.17. The van der Waals surface area contributed by atoms with Gasteiger partial charge in [-0.25, -0.2) is 4.79 Å². The molecular formula is C20H29N6O4+. The second kappa shape index (κ2) is 11.0. The largest absolute Gasteiger partial charge is 0.464 e. The molecular weight excluding hydrogens is 388 g/mol. The molecule has 0 aliphatic carbocycles. The van der Waals surface area contributed by atoms with Crippen LogP contribution in [0.4, 0.5) is 0 Å². The van der Waals surface area contributed by atoms with E-state index in [4.69, 9.17) is 21.9 Å². The topological polar surface area (TPSA) is 169 Å². The van der Waals surface area contributed by atoms with Crippen molar-refractivity contribution < 1.29 is 24.1 Å². The summed E-state index contributed by atoms with van der Waals surface area (Å²) in [5.41, 5.74) is 18.3. The lowest BCUT2D eigenvalue weighted by Crippen LogP contribution is -2.78. The van der Waals surface area contributed by atoms with E-state index in [0.29, 0.717) is 25.8 Å². The number of aromatic nitrogens is 1. The number of ether oxygens (including phenoxy) is 1. The molecule has 10 heteroatoms. The number of carbonyl (C=O) groups is 3. The number of rotatable bonds is 11. The summed E-state index contributed by atoms with van der Waals surface area (Å²) >= 11 is 0. The van der Waals surface area contributed by atoms with Crippen LogP contribution in [0, 0.1) is 0 Å². The molecule has 162 valence electrons. The summed E-state index contributed by atoms with van der Waals surface area (Å²) in [4.78, 5) is 38.9. The van der Waals surface area contributed by atoms with Gasteiger partial charge in [0.05, 0.1) is 24.7 Å². The SMILES string of the molecule is CCOC(=O)[C@H](CCC[NH+]=C(N)N)NC(=O)C(N)Cc1cn(C=O)c2ccccc12. The molecule has 2 atom stereocenters. The Kier molecular flexibility index (Phi) is 8.36. The summed E-state index contributed by atoms with van der Waals surface area (Å²) in [6.07, 6.45) is 3.44. The summed E-state index contributed by atoms with van der Waals surface area (Å²) in [6.45, 7) is 2.34. The van der Waals surface area contributed by atoms with Gasteiger partial charge < -0.3 is 15.8 Å². The smallest absolute Gasteiger partial charge is 0.338 e. The summed E-state index contributed by atoms with van der Waals surface area (Å²) in [6, 6.07) is 5.62. The summed E-state index contributed by atoms with van der Waals surface area (Å²) in [7, 11) is 0.